The lowest BCUT2D eigenvalue weighted by Crippen LogP contribution is -2.19. The summed E-state index contributed by atoms with van der Waals surface area (Å²) in [5.74, 6) is -0.788. The van der Waals surface area contributed by atoms with Crippen LogP contribution in [-0.2, 0) is 10.7 Å². The molecule has 1 aromatic heterocycles. The predicted octanol–water partition coefficient (Wildman–Crippen LogP) is 2.84. The second-order valence-corrected chi connectivity index (χ2v) is 4.66. The lowest BCUT2D eigenvalue weighted by molar-refractivity contribution is -0.126. The van der Waals surface area contributed by atoms with Crippen LogP contribution in [-0.4, -0.2) is 22.1 Å². The van der Waals surface area contributed by atoms with Gasteiger partial charge in [0.1, 0.15) is 0 Å². The average molecular weight is 283 g/mol. The van der Waals surface area contributed by atoms with E-state index < -0.39 is 12.3 Å². The maximum atomic E-state index is 12.0. The van der Waals surface area contributed by atoms with Gasteiger partial charge >= 0.3 is 6.43 Å². The van der Waals surface area contributed by atoms with Crippen LogP contribution in [0.3, 0.4) is 0 Å². The molecule has 100 valence electrons. The van der Waals surface area contributed by atoms with Crippen LogP contribution >= 0.6 is 11.8 Å². The van der Waals surface area contributed by atoms with Crippen molar-refractivity contribution in [1.29, 1.82) is 0 Å². The molecule has 1 heterocycles. The Kier molecular flexibility index (Phi) is 4.51. The van der Waals surface area contributed by atoms with Crippen LogP contribution in [0.1, 0.15) is 0 Å². The zero-order valence-corrected chi connectivity index (χ0v) is 10.6. The van der Waals surface area contributed by atoms with E-state index in [0.29, 0.717) is 5.88 Å². The van der Waals surface area contributed by atoms with E-state index in [0.717, 1.165) is 4.90 Å². The summed E-state index contributed by atoms with van der Waals surface area (Å²) < 4.78 is 25.7. The van der Waals surface area contributed by atoms with Crippen LogP contribution in [0.5, 0.6) is 0 Å². The highest BCUT2D eigenvalue weighted by atomic mass is 32.2. The number of hydrogen-bond donors (Lipinski definition) is 1. The fourth-order valence-corrected chi connectivity index (χ4v) is 2.13. The first-order chi connectivity index (χ1) is 9.15. The van der Waals surface area contributed by atoms with Crippen LogP contribution in [0.4, 0.5) is 14.5 Å². The minimum Gasteiger partial charge on any atom is -0.318 e. The molecule has 0 unspecified atom stereocenters. The maximum absolute atomic E-state index is 12.0. The van der Waals surface area contributed by atoms with Crippen LogP contribution in [0.2, 0.25) is 0 Å². The molecule has 2 aromatic rings. The van der Waals surface area contributed by atoms with E-state index in [9.17, 15) is 13.6 Å². The van der Waals surface area contributed by atoms with Crippen molar-refractivity contribution < 1.29 is 13.6 Å². The number of hydrogen-bond acceptors (Lipinski definition) is 3. The van der Waals surface area contributed by atoms with Gasteiger partial charge in [0.15, 0.2) is 0 Å². The Balaban J connectivity index is 1.89. The number of rotatable bonds is 5. The van der Waals surface area contributed by atoms with Gasteiger partial charge in [-0.25, -0.2) is 0 Å². The van der Waals surface area contributed by atoms with Crippen LogP contribution in [0, 0.1) is 0 Å². The number of alkyl halides is 2. The summed E-state index contributed by atoms with van der Waals surface area (Å²) in [6, 6.07) is 9.72. The second kappa shape index (κ2) is 6.33. The van der Waals surface area contributed by atoms with Gasteiger partial charge in [-0.1, -0.05) is 18.2 Å². The second-order valence-electron chi connectivity index (χ2n) is 3.64. The smallest absolute Gasteiger partial charge is 0.315 e. The van der Waals surface area contributed by atoms with Crippen molar-refractivity contribution >= 4 is 23.4 Å². The molecule has 0 saturated carbocycles. The quantitative estimate of drug-likeness (QED) is 0.858. The van der Waals surface area contributed by atoms with Crippen molar-refractivity contribution in [2.24, 2.45) is 0 Å². The average Bonchev–Trinajstić information content (AvgIpc) is 2.85. The van der Waals surface area contributed by atoms with E-state index in [1.165, 1.54) is 12.4 Å². The number of amides is 1. The molecular formula is C12H11F2N3OS. The van der Waals surface area contributed by atoms with Gasteiger partial charge in [-0.15, -0.1) is 11.8 Å². The molecule has 1 aromatic carbocycles. The van der Waals surface area contributed by atoms with Gasteiger partial charge in [-0.05, 0) is 12.1 Å². The molecule has 0 spiro atoms. The molecule has 0 aliphatic carbocycles. The molecule has 0 saturated heterocycles. The Labute approximate surface area is 112 Å². The molecule has 19 heavy (non-hydrogen) atoms. The summed E-state index contributed by atoms with van der Waals surface area (Å²) in [6.45, 7) is 0. The number of aromatic nitrogens is 2. The van der Waals surface area contributed by atoms with Crippen LogP contribution in [0.25, 0.3) is 0 Å². The number of nitrogens with zero attached hydrogens (tertiary/aromatic N) is 2. The number of halogens is 2. The standard InChI is InChI=1S/C12H11F2N3OS/c13-11(14)12(18)16-9-6-15-17(7-9)8-19-10-4-2-1-3-5-10/h1-7,11H,8H2,(H,16,18). The lowest BCUT2D eigenvalue weighted by atomic mass is 10.4. The van der Waals surface area contributed by atoms with Gasteiger partial charge in [-0.2, -0.15) is 13.9 Å². The monoisotopic (exact) mass is 283 g/mol. The summed E-state index contributed by atoms with van der Waals surface area (Å²) in [4.78, 5) is 11.9. The van der Waals surface area contributed by atoms with Crippen molar-refractivity contribution in [1.82, 2.24) is 9.78 Å². The van der Waals surface area contributed by atoms with Crippen molar-refractivity contribution in [2.45, 2.75) is 17.2 Å². The number of benzene rings is 1. The molecule has 0 aliphatic rings. The minimum absolute atomic E-state index is 0.263. The lowest BCUT2D eigenvalue weighted by Gasteiger charge is -2.02. The molecule has 4 nitrogen and oxygen atoms in total. The normalized spacial score (nSPS) is 10.7. The summed E-state index contributed by atoms with van der Waals surface area (Å²) in [6.07, 6.45) is -0.177. The molecule has 0 atom stereocenters. The zero-order valence-electron chi connectivity index (χ0n) is 9.79. The van der Waals surface area contributed by atoms with E-state index in [2.05, 4.69) is 10.4 Å². The zero-order chi connectivity index (χ0) is 13.7. The number of carbonyl (C=O) groups is 1. The number of anilines is 1. The molecule has 0 aliphatic heterocycles. The molecule has 1 N–H and O–H groups in total. The third kappa shape index (κ3) is 4.06. The molecule has 0 bridgehead atoms. The first kappa shape index (κ1) is 13.5. The van der Waals surface area contributed by atoms with Gasteiger partial charge < -0.3 is 5.32 Å². The molecule has 7 heteroatoms. The van der Waals surface area contributed by atoms with E-state index in [1.807, 2.05) is 30.3 Å². The Hall–Kier alpha value is -1.89. The first-order valence-corrected chi connectivity index (χ1v) is 6.43. The first-order valence-electron chi connectivity index (χ1n) is 5.44. The number of thioether (sulfide) groups is 1. The highest BCUT2D eigenvalue weighted by Crippen LogP contribution is 2.19. The van der Waals surface area contributed by atoms with Crippen molar-refractivity contribution in [2.75, 3.05) is 5.32 Å². The maximum Gasteiger partial charge on any atom is 0.315 e. The Morgan fingerprint density at radius 3 is 2.79 bits per heavy atom. The number of nitrogens with one attached hydrogen (secondary N) is 1. The molecule has 0 radical (unpaired) electrons. The summed E-state index contributed by atoms with van der Waals surface area (Å²) in [7, 11) is 0. The molecule has 2 rings (SSSR count). The third-order valence-electron chi connectivity index (χ3n) is 2.21. The molecule has 1 amide bonds. The minimum atomic E-state index is -3.03. The molecular weight excluding hydrogens is 272 g/mol. The van der Waals surface area contributed by atoms with Crippen molar-refractivity contribution in [3.8, 4) is 0 Å². The van der Waals surface area contributed by atoms with Crippen LogP contribution in [0.15, 0.2) is 47.6 Å². The van der Waals surface area contributed by atoms with Crippen LogP contribution < -0.4 is 5.32 Å². The topological polar surface area (TPSA) is 46.9 Å². The Morgan fingerprint density at radius 1 is 1.37 bits per heavy atom. The largest absolute Gasteiger partial charge is 0.318 e. The Morgan fingerprint density at radius 2 is 2.11 bits per heavy atom. The SMILES string of the molecule is O=C(Nc1cnn(CSc2ccccc2)c1)C(F)F. The van der Waals surface area contributed by atoms with Gasteiger partial charge in [0.05, 0.1) is 17.8 Å². The summed E-state index contributed by atoms with van der Waals surface area (Å²) >= 11 is 1.55. The summed E-state index contributed by atoms with van der Waals surface area (Å²) in [5, 5.41) is 6.06. The van der Waals surface area contributed by atoms with E-state index in [4.69, 9.17) is 0 Å². The fourth-order valence-electron chi connectivity index (χ4n) is 1.35. The van der Waals surface area contributed by atoms with Gasteiger partial charge in [-0.3, -0.25) is 9.48 Å². The highest BCUT2D eigenvalue weighted by molar-refractivity contribution is 7.98. The highest BCUT2D eigenvalue weighted by Gasteiger charge is 2.15. The summed E-state index contributed by atoms with van der Waals surface area (Å²) in [5.41, 5.74) is 0.263. The fraction of sp³-hybridized carbons (Fsp3) is 0.167. The number of carbonyl (C=O) groups excluding carboxylic acids is 1. The van der Waals surface area contributed by atoms with Gasteiger partial charge in [0, 0.05) is 11.1 Å². The van der Waals surface area contributed by atoms with E-state index in [-0.39, 0.29) is 5.69 Å². The molecule has 0 fully saturated rings. The van der Waals surface area contributed by atoms with Gasteiger partial charge in [0.2, 0.25) is 0 Å². The predicted molar refractivity (Wildman–Crippen MR) is 69.2 cm³/mol. The van der Waals surface area contributed by atoms with Crippen molar-refractivity contribution in [3.63, 3.8) is 0 Å². The van der Waals surface area contributed by atoms with E-state index in [1.54, 1.807) is 16.4 Å². The Bertz CT molecular complexity index is 545. The third-order valence-corrected chi connectivity index (χ3v) is 3.20. The van der Waals surface area contributed by atoms with E-state index >= 15 is 0 Å². The van der Waals surface area contributed by atoms with Crippen molar-refractivity contribution in [3.05, 3.63) is 42.7 Å². The van der Waals surface area contributed by atoms with Gasteiger partial charge in [0.25, 0.3) is 5.91 Å².